The Balaban J connectivity index is 1.54. The Bertz CT molecular complexity index is 1320. The van der Waals surface area contributed by atoms with Crippen LogP contribution in [0.15, 0.2) is 72.3 Å². The minimum Gasteiger partial charge on any atom is -0.490 e. The monoisotopic (exact) mass is 490 g/mol. The lowest BCUT2D eigenvalue weighted by atomic mass is 10.1. The van der Waals surface area contributed by atoms with E-state index >= 15 is 0 Å². The van der Waals surface area contributed by atoms with Crippen LogP contribution in [0, 0.1) is 13.8 Å². The molecule has 1 aliphatic heterocycles. The van der Waals surface area contributed by atoms with Gasteiger partial charge in [0.25, 0.3) is 11.8 Å². The van der Waals surface area contributed by atoms with Crippen LogP contribution >= 0.6 is 11.6 Å². The predicted molar refractivity (Wildman–Crippen MR) is 134 cm³/mol. The second kappa shape index (κ2) is 10.4. The zero-order chi connectivity index (χ0) is 24.9. The fourth-order valence-electron chi connectivity index (χ4n) is 3.52. The van der Waals surface area contributed by atoms with Crippen LogP contribution in [-0.2, 0) is 9.59 Å². The number of halogens is 1. The van der Waals surface area contributed by atoms with E-state index in [1.807, 2.05) is 44.2 Å². The van der Waals surface area contributed by atoms with Crippen LogP contribution in [0.4, 0.5) is 10.5 Å². The van der Waals surface area contributed by atoms with Crippen LogP contribution in [0.2, 0.25) is 5.02 Å². The van der Waals surface area contributed by atoms with E-state index in [1.54, 1.807) is 36.4 Å². The zero-order valence-electron chi connectivity index (χ0n) is 19.2. The van der Waals surface area contributed by atoms with Gasteiger partial charge in [-0.25, -0.2) is 9.69 Å². The number of carbonyl (C=O) groups is 3. The Morgan fingerprint density at radius 3 is 2.37 bits per heavy atom. The second-order valence-electron chi connectivity index (χ2n) is 7.99. The number of ether oxygens (including phenoxy) is 2. The predicted octanol–water partition coefficient (Wildman–Crippen LogP) is 5.08. The number of anilines is 1. The third kappa shape index (κ3) is 5.70. The Hall–Kier alpha value is -4.10. The van der Waals surface area contributed by atoms with Crippen LogP contribution in [0.1, 0.15) is 16.7 Å². The first-order valence-electron chi connectivity index (χ1n) is 10.9. The van der Waals surface area contributed by atoms with Gasteiger partial charge in [0.2, 0.25) is 0 Å². The fourth-order valence-corrected chi connectivity index (χ4v) is 3.70. The third-order valence-electron chi connectivity index (χ3n) is 5.26. The highest BCUT2D eigenvalue weighted by molar-refractivity contribution is 6.39. The van der Waals surface area contributed by atoms with E-state index in [-0.39, 0.29) is 18.8 Å². The first-order chi connectivity index (χ1) is 16.8. The summed E-state index contributed by atoms with van der Waals surface area (Å²) in [6, 6.07) is 18.6. The molecule has 0 unspecified atom stereocenters. The molecule has 35 heavy (non-hydrogen) atoms. The van der Waals surface area contributed by atoms with Gasteiger partial charge in [-0.15, -0.1) is 0 Å². The summed E-state index contributed by atoms with van der Waals surface area (Å²) < 4.78 is 11.5. The number of benzene rings is 3. The molecule has 1 fully saturated rings. The highest BCUT2D eigenvalue weighted by atomic mass is 35.5. The summed E-state index contributed by atoms with van der Waals surface area (Å²) in [5, 5.41) is 2.62. The van der Waals surface area contributed by atoms with E-state index in [4.69, 9.17) is 21.1 Å². The molecular formula is C27H23ClN2O5. The molecular weight excluding hydrogens is 468 g/mol. The zero-order valence-corrected chi connectivity index (χ0v) is 20.0. The largest absolute Gasteiger partial charge is 0.490 e. The molecule has 1 aliphatic rings. The number of urea groups is 1. The molecule has 7 nitrogen and oxygen atoms in total. The van der Waals surface area contributed by atoms with Gasteiger partial charge < -0.3 is 9.47 Å². The minimum atomic E-state index is -0.807. The highest BCUT2D eigenvalue weighted by Gasteiger charge is 2.37. The molecule has 0 aliphatic carbocycles. The van der Waals surface area contributed by atoms with Gasteiger partial charge in [0, 0.05) is 10.6 Å². The van der Waals surface area contributed by atoms with E-state index in [0.29, 0.717) is 22.0 Å². The van der Waals surface area contributed by atoms with Crippen molar-refractivity contribution in [2.24, 2.45) is 0 Å². The van der Waals surface area contributed by atoms with Gasteiger partial charge in [-0.1, -0.05) is 41.4 Å². The van der Waals surface area contributed by atoms with Crippen LogP contribution in [-0.4, -0.2) is 31.1 Å². The SMILES string of the molecule is Cc1ccc(OCCOc2ccc(Cl)cc2/C=C2\C(=O)NC(=O)N(c3cccc(C)c3)C2=O)cc1. The number of nitrogens with one attached hydrogen (secondary N) is 1. The van der Waals surface area contributed by atoms with Gasteiger partial charge in [-0.05, 0) is 68.0 Å². The van der Waals surface area contributed by atoms with Crippen LogP contribution in [0.25, 0.3) is 6.08 Å². The van der Waals surface area contributed by atoms with Crippen molar-refractivity contribution in [3.63, 3.8) is 0 Å². The normalized spacial score (nSPS) is 14.8. The quantitative estimate of drug-likeness (QED) is 0.283. The lowest BCUT2D eigenvalue weighted by Crippen LogP contribution is -2.54. The van der Waals surface area contributed by atoms with Crippen molar-refractivity contribution in [1.29, 1.82) is 0 Å². The standard InChI is InChI=1S/C27H23ClN2O5/c1-17-6-9-22(10-7-17)34-12-13-35-24-11-8-20(28)15-19(24)16-23-25(31)29-27(33)30(26(23)32)21-5-3-4-18(2)14-21/h3-11,14-16H,12-13H2,1-2H3,(H,29,31,33)/b23-16+. The summed E-state index contributed by atoms with van der Waals surface area (Å²) in [4.78, 5) is 39.1. The van der Waals surface area contributed by atoms with Crippen LogP contribution < -0.4 is 19.7 Å². The minimum absolute atomic E-state index is 0.214. The molecule has 0 saturated carbocycles. The summed E-state index contributed by atoms with van der Waals surface area (Å²) in [5.74, 6) is -0.396. The summed E-state index contributed by atoms with van der Waals surface area (Å²) in [5.41, 5.74) is 2.57. The number of nitrogens with zero attached hydrogens (tertiary/aromatic N) is 1. The van der Waals surface area contributed by atoms with E-state index in [2.05, 4.69) is 5.32 Å². The smallest absolute Gasteiger partial charge is 0.335 e. The summed E-state index contributed by atoms with van der Waals surface area (Å²) in [6.07, 6.45) is 1.37. The maximum atomic E-state index is 13.2. The molecule has 0 aromatic heterocycles. The number of hydrogen-bond donors (Lipinski definition) is 1. The van der Waals surface area contributed by atoms with Crippen molar-refractivity contribution in [1.82, 2.24) is 5.32 Å². The maximum absolute atomic E-state index is 13.2. The number of carbonyl (C=O) groups excluding carboxylic acids is 3. The van der Waals surface area contributed by atoms with E-state index in [1.165, 1.54) is 6.08 Å². The van der Waals surface area contributed by atoms with Crippen molar-refractivity contribution in [3.05, 3.63) is 94.0 Å². The second-order valence-corrected chi connectivity index (χ2v) is 8.43. The average molecular weight is 491 g/mol. The Labute approximate surface area is 207 Å². The Morgan fingerprint density at radius 2 is 1.63 bits per heavy atom. The average Bonchev–Trinajstić information content (AvgIpc) is 2.81. The molecule has 4 rings (SSSR count). The number of hydrogen-bond acceptors (Lipinski definition) is 5. The lowest BCUT2D eigenvalue weighted by molar-refractivity contribution is -0.122. The molecule has 0 spiro atoms. The molecule has 3 aromatic carbocycles. The van der Waals surface area contributed by atoms with Gasteiger partial charge in [0.05, 0.1) is 5.69 Å². The van der Waals surface area contributed by atoms with Crippen molar-refractivity contribution < 1.29 is 23.9 Å². The number of barbiturate groups is 1. The maximum Gasteiger partial charge on any atom is 0.335 e. The van der Waals surface area contributed by atoms with Crippen molar-refractivity contribution in [2.75, 3.05) is 18.1 Å². The van der Waals surface area contributed by atoms with Crippen molar-refractivity contribution in [3.8, 4) is 11.5 Å². The third-order valence-corrected chi connectivity index (χ3v) is 5.50. The summed E-state index contributed by atoms with van der Waals surface area (Å²) >= 11 is 6.17. The molecule has 4 amide bonds. The molecule has 0 atom stereocenters. The van der Waals surface area contributed by atoms with Gasteiger partial charge >= 0.3 is 6.03 Å². The van der Waals surface area contributed by atoms with E-state index in [0.717, 1.165) is 21.8 Å². The van der Waals surface area contributed by atoms with Crippen molar-refractivity contribution >= 4 is 41.2 Å². The Kier molecular flexibility index (Phi) is 7.17. The molecule has 178 valence electrons. The van der Waals surface area contributed by atoms with Crippen molar-refractivity contribution in [2.45, 2.75) is 13.8 Å². The lowest BCUT2D eigenvalue weighted by Gasteiger charge is -2.26. The summed E-state index contributed by atoms with van der Waals surface area (Å²) in [6.45, 7) is 4.35. The molecule has 8 heteroatoms. The first-order valence-corrected chi connectivity index (χ1v) is 11.3. The first kappa shape index (κ1) is 24.0. The Morgan fingerprint density at radius 1 is 0.886 bits per heavy atom. The number of rotatable bonds is 7. The molecule has 3 aromatic rings. The fraction of sp³-hybridized carbons (Fsp3) is 0.148. The molecule has 0 bridgehead atoms. The number of imide groups is 2. The van der Waals surface area contributed by atoms with E-state index < -0.39 is 17.8 Å². The molecule has 0 radical (unpaired) electrons. The topological polar surface area (TPSA) is 84.9 Å². The number of aryl methyl sites for hydroxylation is 2. The van der Waals surface area contributed by atoms with E-state index in [9.17, 15) is 14.4 Å². The van der Waals surface area contributed by atoms with Gasteiger partial charge in [0.1, 0.15) is 30.3 Å². The van der Waals surface area contributed by atoms with Crippen LogP contribution in [0.5, 0.6) is 11.5 Å². The van der Waals surface area contributed by atoms with Gasteiger partial charge in [-0.3, -0.25) is 14.9 Å². The molecule has 1 heterocycles. The molecule has 1 N–H and O–H groups in total. The number of amides is 4. The molecule has 1 saturated heterocycles. The highest BCUT2D eigenvalue weighted by Crippen LogP contribution is 2.28. The van der Waals surface area contributed by atoms with Gasteiger partial charge in [-0.2, -0.15) is 0 Å². The summed E-state index contributed by atoms with van der Waals surface area (Å²) in [7, 11) is 0. The van der Waals surface area contributed by atoms with Gasteiger partial charge in [0.15, 0.2) is 0 Å². The van der Waals surface area contributed by atoms with Crippen LogP contribution in [0.3, 0.4) is 0 Å².